The molecule has 0 fully saturated rings. The molecule has 9 heavy (non-hydrogen) atoms. The zero-order chi connectivity index (χ0) is 7.49. The molecule has 0 N–H and O–H groups in total. The maximum atomic E-state index is 5.70. The van der Waals surface area contributed by atoms with E-state index in [1.807, 2.05) is 13.8 Å². The summed E-state index contributed by atoms with van der Waals surface area (Å²) < 4.78 is 5.70. The first-order valence-electron chi connectivity index (χ1n) is 3.47. The van der Waals surface area contributed by atoms with Crippen LogP contribution in [-0.2, 0) is 4.43 Å². The van der Waals surface area contributed by atoms with E-state index in [-0.39, 0.29) is 9.04 Å². The lowest BCUT2D eigenvalue weighted by Gasteiger charge is -2.22. The monoisotopic (exact) mass is 161 g/mol. The molecule has 0 saturated heterocycles. The molecule has 0 spiro atoms. The summed E-state index contributed by atoms with van der Waals surface area (Å²) in [5.74, 6) is 0. The summed E-state index contributed by atoms with van der Waals surface area (Å²) in [5.41, 5.74) is 0. The Kier molecular flexibility index (Phi) is 3.69. The van der Waals surface area contributed by atoms with Crippen molar-refractivity contribution in [3.8, 4) is 0 Å². The van der Waals surface area contributed by atoms with Gasteiger partial charge in [0.05, 0.1) is 6.10 Å². The van der Waals surface area contributed by atoms with E-state index in [0.29, 0.717) is 0 Å². The van der Waals surface area contributed by atoms with Crippen molar-refractivity contribution in [2.45, 2.75) is 33.5 Å². The smallest absolute Gasteiger partial charge is 0.167 e. The molecule has 0 saturated carbocycles. The maximum absolute atomic E-state index is 5.70. The van der Waals surface area contributed by atoms with Gasteiger partial charge >= 0.3 is 0 Å². The molecule has 55 valence electrons. The fourth-order valence-corrected chi connectivity index (χ4v) is 3.17. The zero-order valence-electron chi connectivity index (χ0n) is 7.12. The summed E-state index contributed by atoms with van der Waals surface area (Å²) in [6, 6.07) is 0. The van der Waals surface area contributed by atoms with Crippen molar-refractivity contribution in [3.05, 3.63) is 6.10 Å². The van der Waals surface area contributed by atoms with Crippen molar-refractivity contribution in [2.75, 3.05) is 0 Å². The lowest BCUT2D eigenvalue weighted by molar-refractivity contribution is 0.348. The highest BCUT2D eigenvalue weighted by atomic mass is 29.2. The van der Waals surface area contributed by atoms with Crippen molar-refractivity contribution in [2.24, 2.45) is 0 Å². The number of hydrogen-bond donors (Lipinski definition) is 0. The Morgan fingerprint density at radius 2 is 1.78 bits per heavy atom. The third-order valence-electron chi connectivity index (χ3n) is 1.33. The minimum absolute atomic E-state index is 0.0950. The molecule has 0 aliphatic carbocycles. The molecule has 0 aliphatic heterocycles. The maximum Gasteiger partial charge on any atom is 0.167 e. The third kappa shape index (κ3) is 4.87. The van der Waals surface area contributed by atoms with Gasteiger partial charge in [0.15, 0.2) is 7.83 Å². The van der Waals surface area contributed by atoms with Crippen LogP contribution in [0.1, 0.15) is 13.8 Å². The van der Waals surface area contributed by atoms with Crippen LogP contribution >= 0.6 is 0 Å². The molecular formula is C6H17OSi2. The molecule has 0 aliphatic rings. The van der Waals surface area contributed by atoms with Gasteiger partial charge in [-0.1, -0.05) is 6.55 Å². The van der Waals surface area contributed by atoms with Crippen molar-refractivity contribution < 1.29 is 4.43 Å². The molecule has 0 atom stereocenters. The van der Waals surface area contributed by atoms with Gasteiger partial charge in [-0.15, -0.1) is 0 Å². The zero-order valence-corrected chi connectivity index (χ0v) is 9.53. The predicted octanol–water partition coefficient (Wildman–Crippen LogP) is 1.49. The van der Waals surface area contributed by atoms with Crippen molar-refractivity contribution in [1.82, 2.24) is 0 Å². The summed E-state index contributed by atoms with van der Waals surface area (Å²) in [7, 11) is -1.04. The van der Waals surface area contributed by atoms with Crippen LogP contribution in [0.3, 0.4) is 0 Å². The molecule has 0 aromatic rings. The Morgan fingerprint density at radius 1 is 1.33 bits per heavy atom. The van der Waals surface area contributed by atoms with Gasteiger partial charge in [-0.05, 0) is 26.9 Å². The molecule has 1 nitrogen and oxygen atoms in total. The first-order valence-corrected chi connectivity index (χ1v) is 10.1. The molecule has 0 bridgehead atoms. The second-order valence-corrected chi connectivity index (χ2v) is 14.8. The van der Waals surface area contributed by atoms with Gasteiger partial charge < -0.3 is 4.43 Å². The van der Waals surface area contributed by atoms with E-state index in [1.165, 1.54) is 0 Å². The van der Waals surface area contributed by atoms with Gasteiger partial charge in [0, 0.05) is 9.04 Å². The summed E-state index contributed by atoms with van der Waals surface area (Å²) in [6.07, 6.45) is 1.14. The molecule has 0 aromatic carbocycles. The normalized spacial score (nSPS) is 14.0. The Labute approximate surface area is 61.5 Å². The first-order chi connectivity index (χ1) is 3.98. The number of hydrogen-bond acceptors (Lipinski definition) is 1. The second-order valence-electron chi connectivity index (χ2n) is 3.12. The predicted molar refractivity (Wildman–Crippen MR) is 47.6 cm³/mol. The molecular weight excluding hydrogens is 144 g/mol. The van der Waals surface area contributed by atoms with E-state index in [9.17, 15) is 0 Å². The second kappa shape index (κ2) is 3.53. The Morgan fingerprint density at radius 3 is 1.89 bits per heavy atom. The standard InChI is InChI=1S/C6H17OSi2/c1-6(2)7-9(4,5)8-3/h8H2,1-5H3. The highest BCUT2D eigenvalue weighted by Gasteiger charge is 2.20. The van der Waals surface area contributed by atoms with Crippen LogP contribution < -0.4 is 0 Å². The highest BCUT2D eigenvalue weighted by molar-refractivity contribution is 7.19. The van der Waals surface area contributed by atoms with Gasteiger partial charge in [0.2, 0.25) is 0 Å². The van der Waals surface area contributed by atoms with E-state index in [4.69, 9.17) is 4.43 Å². The average Bonchev–Trinajstić information content (AvgIpc) is 1.63. The average molecular weight is 161 g/mol. The van der Waals surface area contributed by atoms with Crippen molar-refractivity contribution >= 4 is 16.9 Å². The molecule has 0 heterocycles. The van der Waals surface area contributed by atoms with Gasteiger partial charge in [-0.25, -0.2) is 0 Å². The molecule has 1 radical (unpaired) electrons. The summed E-state index contributed by atoms with van der Waals surface area (Å²) in [4.78, 5) is 0. The summed E-state index contributed by atoms with van der Waals surface area (Å²) >= 11 is 0. The number of rotatable bonds is 3. The van der Waals surface area contributed by atoms with Crippen LogP contribution in [0.5, 0.6) is 0 Å². The van der Waals surface area contributed by atoms with E-state index in [0.717, 1.165) is 6.10 Å². The van der Waals surface area contributed by atoms with Crippen LogP contribution in [0.25, 0.3) is 0 Å². The molecule has 0 unspecified atom stereocenters. The van der Waals surface area contributed by atoms with Gasteiger partial charge in [0.1, 0.15) is 0 Å². The SMILES string of the molecule is C[SiH2][Si](C)(C)O[C](C)C. The Bertz CT molecular complexity index is 81.1. The summed E-state index contributed by atoms with van der Waals surface area (Å²) in [5, 5.41) is 0. The molecule has 0 rings (SSSR count). The van der Waals surface area contributed by atoms with Crippen LogP contribution in [-0.4, -0.2) is 16.9 Å². The van der Waals surface area contributed by atoms with Crippen molar-refractivity contribution in [3.63, 3.8) is 0 Å². The topological polar surface area (TPSA) is 9.23 Å². The molecule has 0 aromatic heterocycles. The lowest BCUT2D eigenvalue weighted by Crippen LogP contribution is -2.37. The van der Waals surface area contributed by atoms with Crippen LogP contribution in [0.4, 0.5) is 0 Å². The van der Waals surface area contributed by atoms with Crippen molar-refractivity contribution in [1.29, 1.82) is 0 Å². The minimum Gasteiger partial charge on any atom is -0.413 e. The fraction of sp³-hybridized carbons (Fsp3) is 0.833. The summed E-state index contributed by atoms with van der Waals surface area (Å²) in [6.45, 7) is 11.0. The van der Waals surface area contributed by atoms with Gasteiger partial charge in [-0.3, -0.25) is 0 Å². The quantitative estimate of drug-likeness (QED) is 0.570. The Balaban J connectivity index is 3.58. The molecule has 3 heteroatoms. The van der Waals surface area contributed by atoms with E-state index in [2.05, 4.69) is 19.6 Å². The van der Waals surface area contributed by atoms with E-state index in [1.54, 1.807) is 0 Å². The van der Waals surface area contributed by atoms with E-state index < -0.39 is 7.83 Å². The van der Waals surface area contributed by atoms with Crippen LogP contribution in [0, 0.1) is 6.10 Å². The highest BCUT2D eigenvalue weighted by Crippen LogP contribution is 2.09. The van der Waals surface area contributed by atoms with Gasteiger partial charge in [0.25, 0.3) is 0 Å². The minimum atomic E-state index is -1.14. The fourth-order valence-electron chi connectivity index (χ4n) is 0.625. The van der Waals surface area contributed by atoms with E-state index >= 15 is 0 Å². The van der Waals surface area contributed by atoms with Crippen LogP contribution in [0.2, 0.25) is 19.6 Å². The van der Waals surface area contributed by atoms with Crippen LogP contribution in [0.15, 0.2) is 0 Å². The molecule has 0 amide bonds. The lowest BCUT2D eigenvalue weighted by atomic mass is 10.5. The largest absolute Gasteiger partial charge is 0.413 e. The third-order valence-corrected chi connectivity index (χ3v) is 9.54. The Hall–Kier alpha value is 0.394. The first kappa shape index (κ1) is 9.39. The van der Waals surface area contributed by atoms with Gasteiger partial charge in [-0.2, -0.15) is 0 Å².